The molecule has 1 aromatic heterocycles. The van der Waals surface area contributed by atoms with E-state index in [9.17, 15) is 21.6 Å². The molecule has 0 radical (unpaired) electrons. The van der Waals surface area contributed by atoms with Crippen LogP contribution < -0.4 is 14.4 Å². The number of hydrogen-bond acceptors (Lipinski definition) is 6. The molecule has 0 atom stereocenters. The number of benzene rings is 3. The number of para-hydroxylation sites is 1. The number of alkyl halides is 3. The minimum absolute atomic E-state index is 0.191. The molecule has 1 aliphatic rings. The van der Waals surface area contributed by atoms with E-state index in [1.807, 2.05) is 53.1 Å². The van der Waals surface area contributed by atoms with Crippen molar-refractivity contribution in [2.45, 2.75) is 19.5 Å². The highest BCUT2D eigenvalue weighted by atomic mass is 32.2. The standard InChI is InChI=1S/C27H27F3N4O4S/c1-39(35,36)33-15-13-32(14-16-33)21-9-12-24-25(17-21)34(26(31-24)19-37-22-5-3-2-4-6-22)18-20-7-10-23(11-8-20)38-27(28,29)30/h2-12,17H,13-16,18-19H2,1H3. The molecule has 12 heteroatoms. The van der Waals surface area contributed by atoms with Crippen LogP contribution in [0.1, 0.15) is 11.4 Å². The van der Waals surface area contributed by atoms with Crippen molar-refractivity contribution in [1.82, 2.24) is 13.9 Å². The number of anilines is 1. The largest absolute Gasteiger partial charge is 0.573 e. The van der Waals surface area contributed by atoms with Gasteiger partial charge in [-0.05, 0) is 48.0 Å². The second-order valence-corrected chi connectivity index (χ2v) is 11.2. The van der Waals surface area contributed by atoms with Gasteiger partial charge < -0.3 is 18.9 Å². The summed E-state index contributed by atoms with van der Waals surface area (Å²) in [5, 5.41) is 0. The van der Waals surface area contributed by atoms with Crippen molar-refractivity contribution in [1.29, 1.82) is 0 Å². The van der Waals surface area contributed by atoms with Crippen molar-refractivity contribution >= 4 is 26.7 Å². The lowest BCUT2D eigenvalue weighted by atomic mass is 10.2. The number of nitrogens with zero attached hydrogens (tertiary/aromatic N) is 4. The Balaban J connectivity index is 1.44. The Morgan fingerprint density at radius 2 is 1.59 bits per heavy atom. The number of sulfonamides is 1. The van der Waals surface area contributed by atoms with Crippen LogP contribution >= 0.6 is 0 Å². The smallest absolute Gasteiger partial charge is 0.486 e. The van der Waals surface area contributed by atoms with E-state index < -0.39 is 16.4 Å². The molecule has 1 fully saturated rings. The zero-order valence-electron chi connectivity index (χ0n) is 21.1. The lowest BCUT2D eigenvalue weighted by Crippen LogP contribution is -2.48. The van der Waals surface area contributed by atoms with Gasteiger partial charge in [-0.15, -0.1) is 13.2 Å². The van der Waals surface area contributed by atoms with Gasteiger partial charge in [0.1, 0.15) is 23.9 Å². The topological polar surface area (TPSA) is 76.9 Å². The van der Waals surface area contributed by atoms with Crippen LogP contribution in [0.4, 0.5) is 18.9 Å². The first kappa shape index (κ1) is 26.8. The molecule has 2 heterocycles. The summed E-state index contributed by atoms with van der Waals surface area (Å²) in [6.07, 6.45) is -3.54. The van der Waals surface area contributed by atoms with Crippen LogP contribution in [0.5, 0.6) is 11.5 Å². The maximum atomic E-state index is 12.6. The zero-order valence-corrected chi connectivity index (χ0v) is 22.0. The van der Waals surface area contributed by atoms with Gasteiger partial charge >= 0.3 is 6.36 Å². The third kappa shape index (κ3) is 6.63. The van der Waals surface area contributed by atoms with Crippen LogP contribution in [0.2, 0.25) is 0 Å². The molecule has 0 amide bonds. The van der Waals surface area contributed by atoms with E-state index in [2.05, 4.69) is 9.64 Å². The molecule has 8 nitrogen and oxygen atoms in total. The Kier molecular flexibility index (Phi) is 7.41. The lowest BCUT2D eigenvalue weighted by Gasteiger charge is -2.34. The lowest BCUT2D eigenvalue weighted by molar-refractivity contribution is -0.274. The normalized spacial score (nSPS) is 15.0. The molecule has 206 valence electrons. The number of halogens is 3. The Morgan fingerprint density at radius 3 is 2.23 bits per heavy atom. The summed E-state index contributed by atoms with van der Waals surface area (Å²) in [7, 11) is -3.24. The summed E-state index contributed by atoms with van der Waals surface area (Å²) in [4.78, 5) is 6.91. The quantitative estimate of drug-likeness (QED) is 0.313. The molecule has 39 heavy (non-hydrogen) atoms. The molecule has 0 N–H and O–H groups in total. The van der Waals surface area contributed by atoms with Crippen molar-refractivity contribution < 1.29 is 31.1 Å². The monoisotopic (exact) mass is 560 g/mol. The minimum Gasteiger partial charge on any atom is -0.486 e. The Labute approximate surface area is 224 Å². The predicted octanol–water partition coefficient (Wildman–Crippen LogP) is 4.64. The SMILES string of the molecule is CS(=O)(=O)N1CCN(c2ccc3nc(COc4ccccc4)n(Cc4ccc(OC(F)(F)F)cc4)c3c2)CC1. The van der Waals surface area contributed by atoms with Crippen LogP contribution in [-0.2, 0) is 23.2 Å². The van der Waals surface area contributed by atoms with Crippen LogP contribution in [0, 0.1) is 0 Å². The summed E-state index contributed by atoms with van der Waals surface area (Å²) in [5.41, 5.74) is 3.27. The number of aromatic nitrogens is 2. The molecule has 0 unspecified atom stereocenters. The molecule has 0 spiro atoms. The third-order valence-electron chi connectivity index (χ3n) is 6.49. The van der Waals surface area contributed by atoms with Gasteiger partial charge in [0, 0.05) is 38.4 Å². The minimum atomic E-state index is -4.76. The molecule has 1 saturated heterocycles. The second-order valence-electron chi connectivity index (χ2n) is 9.23. The predicted molar refractivity (Wildman–Crippen MR) is 141 cm³/mol. The average molecular weight is 561 g/mol. The number of fused-ring (bicyclic) bond motifs is 1. The summed E-state index contributed by atoms with van der Waals surface area (Å²) in [6, 6.07) is 21.0. The van der Waals surface area contributed by atoms with E-state index in [1.165, 1.54) is 22.7 Å². The van der Waals surface area contributed by atoms with E-state index in [1.54, 1.807) is 12.1 Å². The summed E-state index contributed by atoms with van der Waals surface area (Å²) >= 11 is 0. The van der Waals surface area contributed by atoms with Crippen LogP contribution in [0.25, 0.3) is 11.0 Å². The van der Waals surface area contributed by atoms with Crippen LogP contribution in [0.3, 0.4) is 0 Å². The molecule has 1 aliphatic heterocycles. The fraction of sp³-hybridized carbons (Fsp3) is 0.296. The molecule has 0 aliphatic carbocycles. The van der Waals surface area contributed by atoms with Gasteiger partial charge in [0.05, 0.1) is 17.3 Å². The molecule has 0 saturated carbocycles. The van der Waals surface area contributed by atoms with Gasteiger partial charge in [-0.3, -0.25) is 0 Å². The van der Waals surface area contributed by atoms with Gasteiger partial charge in [0.15, 0.2) is 0 Å². The molecular weight excluding hydrogens is 533 g/mol. The van der Waals surface area contributed by atoms with Gasteiger partial charge in [-0.2, -0.15) is 4.31 Å². The molecule has 3 aromatic carbocycles. The van der Waals surface area contributed by atoms with Crippen LogP contribution in [0.15, 0.2) is 72.8 Å². The van der Waals surface area contributed by atoms with Gasteiger partial charge in [-0.1, -0.05) is 30.3 Å². The van der Waals surface area contributed by atoms with E-state index >= 15 is 0 Å². The highest BCUT2D eigenvalue weighted by molar-refractivity contribution is 7.88. The van der Waals surface area contributed by atoms with Crippen molar-refractivity contribution in [2.24, 2.45) is 0 Å². The molecule has 4 aromatic rings. The van der Waals surface area contributed by atoms with E-state index in [0.29, 0.717) is 44.3 Å². The van der Waals surface area contributed by atoms with Crippen molar-refractivity contribution in [2.75, 3.05) is 37.3 Å². The first-order chi connectivity index (χ1) is 18.5. The number of imidazole rings is 1. The number of piperazine rings is 1. The summed E-state index contributed by atoms with van der Waals surface area (Å²) in [5.74, 6) is 1.06. The fourth-order valence-corrected chi connectivity index (χ4v) is 5.39. The maximum Gasteiger partial charge on any atom is 0.573 e. The Morgan fingerprint density at radius 1 is 0.897 bits per heavy atom. The second kappa shape index (κ2) is 10.8. The van der Waals surface area contributed by atoms with E-state index in [-0.39, 0.29) is 12.4 Å². The van der Waals surface area contributed by atoms with Crippen molar-refractivity contribution in [3.8, 4) is 11.5 Å². The fourth-order valence-electron chi connectivity index (χ4n) is 4.57. The molecular formula is C27H27F3N4O4S. The van der Waals surface area contributed by atoms with Gasteiger partial charge in [-0.25, -0.2) is 13.4 Å². The van der Waals surface area contributed by atoms with Crippen molar-refractivity contribution in [3.05, 3.63) is 84.2 Å². The highest BCUT2D eigenvalue weighted by Crippen LogP contribution is 2.28. The highest BCUT2D eigenvalue weighted by Gasteiger charge is 2.31. The number of rotatable bonds is 8. The molecule has 0 bridgehead atoms. The van der Waals surface area contributed by atoms with E-state index in [0.717, 1.165) is 22.3 Å². The number of ether oxygens (including phenoxy) is 2. The zero-order chi connectivity index (χ0) is 27.6. The first-order valence-corrected chi connectivity index (χ1v) is 14.1. The van der Waals surface area contributed by atoms with E-state index in [4.69, 9.17) is 9.72 Å². The Hall–Kier alpha value is -3.77. The third-order valence-corrected chi connectivity index (χ3v) is 7.80. The first-order valence-electron chi connectivity index (χ1n) is 12.3. The van der Waals surface area contributed by atoms with Gasteiger partial charge in [0.25, 0.3) is 0 Å². The van der Waals surface area contributed by atoms with Gasteiger partial charge in [0.2, 0.25) is 10.0 Å². The Bertz CT molecular complexity index is 1530. The van der Waals surface area contributed by atoms with Crippen LogP contribution in [-0.4, -0.2) is 61.1 Å². The number of hydrogen-bond donors (Lipinski definition) is 0. The summed E-state index contributed by atoms with van der Waals surface area (Å²) < 4.78 is 75.0. The average Bonchev–Trinajstić information content (AvgIpc) is 3.24. The van der Waals surface area contributed by atoms with Crippen molar-refractivity contribution in [3.63, 3.8) is 0 Å². The maximum absolute atomic E-state index is 12.6. The summed E-state index contributed by atoms with van der Waals surface area (Å²) in [6.45, 7) is 2.45. The molecule has 5 rings (SSSR count).